The number of urea groups is 1. The summed E-state index contributed by atoms with van der Waals surface area (Å²) in [6.07, 6.45) is 2.73. The zero-order valence-corrected chi connectivity index (χ0v) is 12.8. The number of nitrogens with one attached hydrogen (secondary N) is 2. The molecule has 0 fully saturated rings. The maximum atomic E-state index is 11.8. The Morgan fingerprint density at radius 1 is 1.33 bits per heavy atom. The molecule has 5 heteroatoms. The lowest BCUT2D eigenvalue weighted by atomic mass is 10.1. The Hall–Kier alpha value is -2.30. The number of aromatic nitrogens is 2. The number of carbonyl (C=O) groups is 1. The van der Waals surface area contributed by atoms with Crippen LogP contribution in [0.3, 0.4) is 0 Å². The van der Waals surface area contributed by atoms with Gasteiger partial charge in [-0.1, -0.05) is 19.9 Å². The molecule has 0 aliphatic rings. The third kappa shape index (κ3) is 4.34. The van der Waals surface area contributed by atoms with Crippen molar-refractivity contribution >= 4 is 11.7 Å². The molecule has 0 bridgehead atoms. The fraction of sp³-hybridized carbons (Fsp3) is 0.375. The highest BCUT2D eigenvalue weighted by Crippen LogP contribution is 2.15. The summed E-state index contributed by atoms with van der Waals surface area (Å²) in [6, 6.07) is 9.40. The Bertz CT molecular complexity index is 604. The molecule has 0 spiro atoms. The first-order valence-corrected chi connectivity index (χ1v) is 7.22. The average molecular weight is 286 g/mol. The average Bonchev–Trinajstić information content (AvgIpc) is 2.85. The normalized spacial score (nSPS) is 10.7. The number of carbonyl (C=O) groups excluding carboxylic acids is 1. The van der Waals surface area contributed by atoms with Crippen molar-refractivity contribution < 1.29 is 4.79 Å². The molecule has 0 saturated heterocycles. The minimum atomic E-state index is -0.176. The number of amides is 2. The summed E-state index contributed by atoms with van der Waals surface area (Å²) in [4.78, 5) is 11.8. The number of rotatable bonds is 5. The van der Waals surface area contributed by atoms with Crippen molar-refractivity contribution in [1.82, 2.24) is 15.1 Å². The highest BCUT2D eigenvalue weighted by molar-refractivity contribution is 5.89. The SMILES string of the molecule is Cc1ccnn1-c1cccc(NC(=O)NCCC(C)C)c1. The summed E-state index contributed by atoms with van der Waals surface area (Å²) >= 11 is 0. The van der Waals surface area contributed by atoms with Crippen LogP contribution in [0.15, 0.2) is 36.5 Å². The Morgan fingerprint density at radius 2 is 2.14 bits per heavy atom. The monoisotopic (exact) mass is 286 g/mol. The van der Waals surface area contributed by atoms with E-state index in [1.807, 2.05) is 41.9 Å². The highest BCUT2D eigenvalue weighted by Gasteiger charge is 2.05. The van der Waals surface area contributed by atoms with E-state index in [1.165, 1.54) is 0 Å². The van der Waals surface area contributed by atoms with E-state index in [1.54, 1.807) is 6.20 Å². The fourth-order valence-electron chi connectivity index (χ4n) is 2.00. The summed E-state index contributed by atoms with van der Waals surface area (Å²) in [6.45, 7) is 6.94. The van der Waals surface area contributed by atoms with Crippen molar-refractivity contribution in [3.05, 3.63) is 42.2 Å². The molecule has 0 unspecified atom stereocenters. The first-order chi connectivity index (χ1) is 10.1. The lowest BCUT2D eigenvalue weighted by Gasteiger charge is -2.10. The predicted octanol–water partition coefficient (Wildman–Crippen LogP) is 3.35. The molecule has 2 amide bonds. The van der Waals surface area contributed by atoms with Gasteiger partial charge in [0.2, 0.25) is 0 Å². The Morgan fingerprint density at radius 3 is 2.81 bits per heavy atom. The van der Waals surface area contributed by atoms with E-state index in [0.717, 1.165) is 23.5 Å². The van der Waals surface area contributed by atoms with Crippen molar-refractivity contribution in [2.24, 2.45) is 5.92 Å². The number of hydrogen-bond acceptors (Lipinski definition) is 2. The van der Waals surface area contributed by atoms with E-state index in [4.69, 9.17) is 0 Å². The van der Waals surface area contributed by atoms with Crippen LogP contribution in [0.25, 0.3) is 5.69 Å². The molecule has 1 heterocycles. The largest absolute Gasteiger partial charge is 0.338 e. The smallest absolute Gasteiger partial charge is 0.319 e. The van der Waals surface area contributed by atoms with Crippen molar-refractivity contribution in [1.29, 1.82) is 0 Å². The van der Waals surface area contributed by atoms with E-state index < -0.39 is 0 Å². The van der Waals surface area contributed by atoms with Crippen LogP contribution in [0.5, 0.6) is 0 Å². The zero-order chi connectivity index (χ0) is 15.2. The van der Waals surface area contributed by atoms with E-state index in [2.05, 4.69) is 29.6 Å². The van der Waals surface area contributed by atoms with E-state index >= 15 is 0 Å². The van der Waals surface area contributed by atoms with E-state index in [9.17, 15) is 4.79 Å². The highest BCUT2D eigenvalue weighted by atomic mass is 16.2. The summed E-state index contributed by atoms with van der Waals surface area (Å²) in [5.74, 6) is 0.580. The van der Waals surface area contributed by atoms with Gasteiger partial charge in [0.1, 0.15) is 0 Å². The van der Waals surface area contributed by atoms with Crippen LogP contribution in [0.2, 0.25) is 0 Å². The van der Waals surface area contributed by atoms with Crippen molar-refractivity contribution in [2.75, 3.05) is 11.9 Å². The van der Waals surface area contributed by atoms with Gasteiger partial charge in [0, 0.05) is 24.1 Å². The predicted molar refractivity (Wildman–Crippen MR) is 84.8 cm³/mol. The molecular formula is C16H22N4O. The van der Waals surface area contributed by atoms with Crippen molar-refractivity contribution in [2.45, 2.75) is 27.2 Å². The maximum Gasteiger partial charge on any atom is 0.319 e. The van der Waals surface area contributed by atoms with Crippen LogP contribution in [0, 0.1) is 12.8 Å². The molecule has 0 aliphatic heterocycles. The number of hydrogen-bond donors (Lipinski definition) is 2. The molecular weight excluding hydrogens is 264 g/mol. The molecule has 2 rings (SSSR count). The molecule has 2 N–H and O–H groups in total. The molecule has 0 atom stereocenters. The van der Waals surface area contributed by atoms with E-state index in [-0.39, 0.29) is 6.03 Å². The van der Waals surface area contributed by atoms with Gasteiger partial charge in [0.05, 0.1) is 5.69 Å². The van der Waals surface area contributed by atoms with Gasteiger partial charge in [-0.2, -0.15) is 5.10 Å². The van der Waals surface area contributed by atoms with Gasteiger partial charge in [-0.05, 0) is 43.5 Å². The van der Waals surface area contributed by atoms with Gasteiger partial charge in [0.25, 0.3) is 0 Å². The fourth-order valence-corrected chi connectivity index (χ4v) is 2.00. The Kier molecular flexibility index (Phi) is 4.98. The van der Waals surface area contributed by atoms with E-state index in [0.29, 0.717) is 12.5 Å². The number of anilines is 1. The Labute approximate surface area is 125 Å². The molecule has 0 saturated carbocycles. The van der Waals surface area contributed by atoms with Gasteiger partial charge >= 0.3 is 6.03 Å². The van der Waals surface area contributed by atoms with Crippen LogP contribution in [0.1, 0.15) is 26.0 Å². The molecule has 112 valence electrons. The van der Waals surface area contributed by atoms with Gasteiger partial charge in [-0.15, -0.1) is 0 Å². The molecule has 1 aromatic carbocycles. The lowest BCUT2D eigenvalue weighted by molar-refractivity contribution is 0.251. The molecule has 0 radical (unpaired) electrons. The van der Waals surface area contributed by atoms with Gasteiger partial charge in [-0.25, -0.2) is 9.48 Å². The second-order valence-corrected chi connectivity index (χ2v) is 5.50. The first-order valence-electron chi connectivity index (χ1n) is 7.22. The van der Waals surface area contributed by atoms with Gasteiger partial charge < -0.3 is 10.6 Å². The molecule has 21 heavy (non-hydrogen) atoms. The van der Waals surface area contributed by atoms with Crippen LogP contribution >= 0.6 is 0 Å². The molecule has 0 aliphatic carbocycles. The minimum absolute atomic E-state index is 0.176. The maximum absolute atomic E-state index is 11.8. The van der Waals surface area contributed by atoms with Crippen LogP contribution in [-0.2, 0) is 0 Å². The summed E-state index contributed by atoms with van der Waals surface area (Å²) in [5, 5.41) is 9.97. The quantitative estimate of drug-likeness (QED) is 0.885. The Balaban J connectivity index is 1.98. The third-order valence-corrected chi connectivity index (χ3v) is 3.19. The van der Waals surface area contributed by atoms with Gasteiger partial charge in [0.15, 0.2) is 0 Å². The number of aryl methyl sites for hydroxylation is 1. The number of benzene rings is 1. The second-order valence-electron chi connectivity index (χ2n) is 5.50. The summed E-state index contributed by atoms with van der Waals surface area (Å²) in [7, 11) is 0. The minimum Gasteiger partial charge on any atom is -0.338 e. The van der Waals surface area contributed by atoms with Crippen molar-refractivity contribution in [3.63, 3.8) is 0 Å². The van der Waals surface area contributed by atoms with Crippen LogP contribution in [-0.4, -0.2) is 22.4 Å². The summed E-state index contributed by atoms with van der Waals surface area (Å²) < 4.78 is 1.84. The molecule has 2 aromatic rings. The number of nitrogens with zero attached hydrogens (tertiary/aromatic N) is 2. The zero-order valence-electron chi connectivity index (χ0n) is 12.8. The standard InChI is InChI=1S/C16H22N4O/c1-12(2)7-9-17-16(21)19-14-5-4-6-15(11-14)20-13(3)8-10-18-20/h4-6,8,10-12H,7,9H2,1-3H3,(H2,17,19,21). The summed E-state index contributed by atoms with van der Waals surface area (Å²) in [5.41, 5.74) is 2.73. The van der Waals surface area contributed by atoms with Crippen LogP contribution < -0.4 is 10.6 Å². The third-order valence-electron chi connectivity index (χ3n) is 3.19. The lowest BCUT2D eigenvalue weighted by Crippen LogP contribution is -2.30. The first kappa shape index (κ1) is 15.1. The van der Waals surface area contributed by atoms with Crippen molar-refractivity contribution in [3.8, 4) is 5.69 Å². The van der Waals surface area contributed by atoms with Gasteiger partial charge in [-0.3, -0.25) is 0 Å². The second kappa shape index (κ2) is 6.92. The molecule has 1 aromatic heterocycles. The topological polar surface area (TPSA) is 59.0 Å². The molecule has 5 nitrogen and oxygen atoms in total. The van der Waals surface area contributed by atoms with Crippen LogP contribution in [0.4, 0.5) is 10.5 Å².